The van der Waals surface area contributed by atoms with Gasteiger partial charge in [-0.15, -0.1) is 0 Å². The second-order valence-corrected chi connectivity index (χ2v) is 11.0. The van der Waals surface area contributed by atoms with Crippen molar-refractivity contribution in [2.45, 2.75) is 23.8 Å². The number of likely N-dealkylation sites (N-methyl/N-ethyl adjacent to an activating group) is 1. The number of benzene rings is 2. The van der Waals surface area contributed by atoms with Crippen LogP contribution < -0.4 is 24.8 Å². The van der Waals surface area contributed by atoms with E-state index in [-0.39, 0.29) is 4.90 Å². The molecule has 0 saturated carbocycles. The molecule has 4 rings (SSSR count). The predicted octanol–water partition coefficient (Wildman–Crippen LogP) is 4.12. The molecule has 1 saturated heterocycles. The minimum absolute atomic E-state index is 0.104. The van der Waals surface area contributed by atoms with Gasteiger partial charge in [-0.3, -0.25) is 0 Å². The zero-order valence-electron chi connectivity index (χ0n) is 20.3. The van der Waals surface area contributed by atoms with Crippen molar-refractivity contribution >= 4 is 49.1 Å². The Bertz CT molecular complexity index is 1320. The first-order valence-corrected chi connectivity index (χ1v) is 13.7. The van der Waals surface area contributed by atoms with E-state index in [0.29, 0.717) is 51.8 Å². The summed E-state index contributed by atoms with van der Waals surface area (Å²) < 4.78 is 39.3. The van der Waals surface area contributed by atoms with Crippen LogP contribution in [0.3, 0.4) is 0 Å². The van der Waals surface area contributed by atoms with Gasteiger partial charge < -0.3 is 25.0 Å². The summed E-state index contributed by atoms with van der Waals surface area (Å²) in [5.74, 6) is 2.00. The molecule has 192 valence electrons. The van der Waals surface area contributed by atoms with Crippen molar-refractivity contribution in [2.24, 2.45) is 0 Å². The van der Waals surface area contributed by atoms with Gasteiger partial charge in [-0.2, -0.15) is 4.98 Å². The van der Waals surface area contributed by atoms with Crippen molar-refractivity contribution in [3.05, 3.63) is 53.1 Å². The van der Waals surface area contributed by atoms with Gasteiger partial charge in [0.15, 0.2) is 0 Å². The number of ether oxygens (including phenoxy) is 2. The predicted molar refractivity (Wildman–Crippen MR) is 143 cm³/mol. The quantitative estimate of drug-likeness (QED) is 0.327. The molecule has 36 heavy (non-hydrogen) atoms. The average molecular weight is 578 g/mol. The van der Waals surface area contributed by atoms with Crippen LogP contribution in [0.5, 0.6) is 11.5 Å². The fraction of sp³-hybridized carbons (Fsp3) is 0.333. The van der Waals surface area contributed by atoms with Crippen molar-refractivity contribution in [1.82, 2.24) is 19.6 Å². The van der Waals surface area contributed by atoms with E-state index in [9.17, 15) is 8.42 Å². The van der Waals surface area contributed by atoms with Crippen molar-refractivity contribution in [1.29, 1.82) is 0 Å². The Morgan fingerprint density at radius 1 is 1.17 bits per heavy atom. The van der Waals surface area contributed by atoms with Gasteiger partial charge in [0, 0.05) is 18.3 Å². The van der Waals surface area contributed by atoms with Gasteiger partial charge in [-0.25, -0.2) is 18.1 Å². The Balaban J connectivity index is 1.56. The number of hydrogen-bond acceptors (Lipinski definition) is 9. The molecule has 1 aliphatic heterocycles. The smallest absolute Gasteiger partial charge is 0.242 e. The van der Waals surface area contributed by atoms with Gasteiger partial charge in [0.25, 0.3) is 0 Å². The average Bonchev–Trinajstić information content (AvgIpc) is 3.29. The molecule has 2 heterocycles. The van der Waals surface area contributed by atoms with E-state index < -0.39 is 10.0 Å². The molecule has 1 aromatic heterocycles. The molecule has 0 amide bonds. The zero-order valence-corrected chi connectivity index (χ0v) is 22.7. The van der Waals surface area contributed by atoms with Gasteiger partial charge >= 0.3 is 0 Å². The zero-order chi connectivity index (χ0) is 25.7. The largest absolute Gasteiger partial charge is 0.495 e. The molecule has 1 atom stereocenters. The van der Waals surface area contributed by atoms with Gasteiger partial charge in [0.1, 0.15) is 28.8 Å². The van der Waals surface area contributed by atoms with Gasteiger partial charge in [-0.1, -0.05) is 12.1 Å². The van der Waals surface area contributed by atoms with E-state index in [0.717, 1.165) is 13.0 Å². The Kier molecular flexibility index (Phi) is 8.29. The first-order chi connectivity index (χ1) is 17.3. The van der Waals surface area contributed by atoms with Crippen molar-refractivity contribution < 1.29 is 17.9 Å². The Morgan fingerprint density at radius 2 is 1.97 bits per heavy atom. The summed E-state index contributed by atoms with van der Waals surface area (Å²) in [5, 5.41) is 6.27. The molecule has 0 aliphatic carbocycles. The Morgan fingerprint density at radius 3 is 2.69 bits per heavy atom. The summed E-state index contributed by atoms with van der Waals surface area (Å²) in [6, 6.07) is 12.5. The third-order valence-electron chi connectivity index (χ3n) is 5.97. The number of halogens is 1. The number of methoxy groups -OCH3 is 1. The maximum absolute atomic E-state index is 12.4. The van der Waals surface area contributed by atoms with Crippen LogP contribution in [-0.2, 0) is 10.0 Å². The fourth-order valence-corrected chi connectivity index (χ4v) is 5.11. The van der Waals surface area contributed by atoms with Gasteiger partial charge in [0.2, 0.25) is 16.0 Å². The molecule has 1 fully saturated rings. The summed E-state index contributed by atoms with van der Waals surface area (Å²) in [4.78, 5) is 11.3. The molecule has 0 bridgehead atoms. The minimum atomic E-state index is -3.67. The number of rotatable bonds is 10. The number of para-hydroxylation sites is 1. The highest BCUT2D eigenvalue weighted by atomic mass is 79.9. The van der Waals surface area contributed by atoms with E-state index >= 15 is 0 Å². The van der Waals surface area contributed by atoms with E-state index in [2.05, 4.69) is 53.2 Å². The topological polar surface area (TPSA) is 118 Å². The van der Waals surface area contributed by atoms with Gasteiger partial charge in [0.05, 0.1) is 23.0 Å². The third kappa shape index (κ3) is 6.06. The number of sulfonamides is 1. The van der Waals surface area contributed by atoms with E-state index in [1.165, 1.54) is 19.5 Å². The second kappa shape index (κ2) is 11.4. The summed E-state index contributed by atoms with van der Waals surface area (Å²) in [7, 11) is 1.40. The van der Waals surface area contributed by atoms with Crippen LogP contribution in [0.1, 0.15) is 12.8 Å². The van der Waals surface area contributed by atoms with E-state index in [4.69, 9.17) is 9.47 Å². The number of hydrogen-bond donors (Lipinski definition) is 3. The standard InChI is InChI=1S/C24H29BrN6O4S/c1-26-36(32,33)22-9-5-4-8-19(22)28-23-18(25)14-27-24(30-23)29-20-13-17(10-11-21(20)34-3)35-15-16-7-6-12-31(16)2/h4-5,8-11,13-14,16,26H,6-7,12,15H2,1-3H3,(H2,27,28,29,30)/t16-/m0/s1. The molecule has 3 N–H and O–H groups in total. The highest BCUT2D eigenvalue weighted by molar-refractivity contribution is 9.10. The lowest BCUT2D eigenvalue weighted by Crippen LogP contribution is -2.30. The first-order valence-electron chi connectivity index (χ1n) is 11.4. The minimum Gasteiger partial charge on any atom is -0.495 e. The molecule has 0 radical (unpaired) electrons. The lowest BCUT2D eigenvalue weighted by molar-refractivity contribution is 0.198. The first kappa shape index (κ1) is 26.1. The van der Waals surface area contributed by atoms with Crippen LogP contribution >= 0.6 is 15.9 Å². The van der Waals surface area contributed by atoms with Crippen LogP contribution in [0.25, 0.3) is 0 Å². The lowest BCUT2D eigenvalue weighted by Gasteiger charge is -2.20. The van der Waals surface area contributed by atoms with Crippen LogP contribution in [0.4, 0.5) is 23.1 Å². The second-order valence-electron chi connectivity index (χ2n) is 8.29. The summed E-state index contributed by atoms with van der Waals surface area (Å²) in [6.07, 6.45) is 3.89. The number of nitrogens with one attached hydrogen (secondary N) is 3. The highest BCUT2D eigenvalue weighted by Crippen LogP contribution is 2.33. The number of likely N-dealkylation sites (tertiary alicyclic amines) is 1. The van der Waals surface area contributed by atoms with Crippen molar-refractivity contribution in [3.63, 3.8) is 0 Å². The number of aromatic nitrogens is 2. The van der Waals surface area contributed by atoms with E-state index in [1.807, 2.05) is 18.2 Å². The molecule has 0 spiro atoms. The van der Waals surface area contributed by atoms with Crippen LogP contribution in [0.2, 0.25) is 0 Å². The highest BCUT2D eigenvalue weighted by Gasteiger charge is 2.22. The molecule has 10 nitrogen and oxygen atoms in total. The maximum Gasteiger partial charge on any atom is 0.242 e. The van der Waals surface area contributed by atoms with Crippen LogP contribution in [-0.4, -0.2) is 63.7 Å². The molecule has 2 aromatic carbocycles. The molecule has 0 unspecified atom stereocenters. The maximum atomic E-state index is 12.4. The number of nitrogens with zero attached hydrogens (tertiary/aromatic N) is 3. The normalized spacial score (nSPS) is 16.1. The Labute approximate surface area is 219 Å². The molecule has 12 heteroatoms. The Hall–Kier alpha value is -2.93. The van der Waals surface area contributed by atoms with Crippen LogP contribution in [0.15, 0.2) is 58.0 Å². The molecular weight excluding hydrogens is 548 g/mol. The fourth-order valence-electron chi connectivity index (χ4n) is 3.93. The van der Waals surface area contributed by atoms with Crippen molar-refractivity contribution in [3.8, 4) is 11.5 Å². The number of anilines is 4. The molecule has 3 aromatic rings. The van der Waals surface area contributed by atoms with Crippen LogP contribution in [0, 0.1) is 0 Å². The summed E-state index contributed by atoms with van der Waals surface area (Å²) in [6.45, 7) is 1.70. The molecule has 1 aliphatic rings. The summed E-state index contributed by atoms with van der Waals surface area (Å²) in [5.41, 5.74) is 1.02. The monoisotopic (exact) mass is 576 g/mol. The van der Waals surface area contributed by atoms with E-state index in [1.54, 1.807) is 31.5 Å². The molecular formula is C24H29BrN6O4S. The van der Waals surface area contributed by atoms with Crippen molar-refractivity contribution in [2.75, 3.05) is 45.0 Å². The summed E-state index contributed by atoms with van der Waals surface area (Å²) >= 11 is 3.43. The van der Waals surface area contributed by atoms with Gasteiger partial charge in [-0.05, 0) is 73.7 Å². The lowest BCUT2D eigenvalue weighted by atomic mass is 10.2. The third-order valence-corrected chi connectivity index (χ3v) is 8.03. The SMILES string of the molecule is CNS(=O)(=O)c1ccccc1Nc1nc(Nc2cc(OC[C@@H]3CCCN3C)ccc2OC)ncc1Br.